The summed E-state index contributed by atoms with van der Waals surface area (Å²) in [5.41, 5.74) is 8.26. The largest absolute Gasteiger partial charge is 0.369 e. The standard InChI is InChI=1S/C19H20BrN5O2/c1-24(12-17(21)26)8-9-25-16-6-5-13(20)10-14(16)19(23-11-18(25)27)15-4-2-3-7-22-15/h2-7,10H,8-9,11-12H2,1H3,(H2,21,26). The van der Waals surface area contributed by atoms with Crippen molar-refractivity contribution in [3.8, 4) is 0 Å². The molecule has 1 aromatic carbocycles. The smallest absolute Gasteiger partial charge is 0.248 e. The zero-order chi connectivity index (χ0) is 19.4. The maximum atomic E-state index is 12.8. The molecule has 7 nitrogen and oxygen atoms in total. The topological polar surface area (TPSA) is 91.9 Å². The molecule has 2 amide bonds. The third-order valence-electron chi connectivity index (χ3n) is 4.22. The van der Waals surface area contributed by atoms with Gasteiger partial charge in [0, 0.05) is 29.3 Å². The van der Waals surface area contributed by atoms with E-state index in [0.29, 0.717) is 18.8 Å². The summed E-state index contributed by atoms with van der Waals surface area (Å²) in [6, 6.07) is 11.4. The summed E-state index contributed by atoms with van der Waals surface area (Å²) in [4.78, 5) is 36.3. The Morgan fingerprint density at radius 3 is 2.85 bits per heavy atom. The Balaban J connectivity index is 1.95. The van der Waals surface area contributed by atoms with Gasteiger partial charge in [-0.2, -0.15) is 0 Å². The zero-order valence-corrected chi connectivity index (χ0v) is 16.5. The van der Waals surface area contributed by atoms with Crippen LogP contribution in [0.25, 0.3) is 0 Å². The van der Waals surface area contributed by atoms with Crippen molar-refractivity contribution in [3.05, 3.63) is 58.3 Å². The minimum Gasteiger partial charge on any atom is -0.369 e. The third-order valence-corrected chi connectivity index (χ3v) is 4.71. The summed E-state index contributed by atoms with van der Waals surface area (Å²) >= 11 is 3.50. The van der Waals surface area contributed by atoms with Crippen molar-refractivity contribution < 1.29 is 9.59 Å². The number of pyridine rings is 1. The molecular weight excluding hydrogens is 410 g/mol. The lowest BCUT2D eigenvalue weighted by Crippen LogP contribution is -2.41. The molecule has 1 aliphatic rings. The molecule has 0 aliphatic carbocycles. The van der Waals surface area contributed by atoms with E-state index in [2.05, 4.69) is 25.9 Å². The highest BCUT2D eigenvalue weighted by Crippen LogP contribution is 2.29. The van der Waals surface area contributed by atoms with Crippen LogP contribution in [0.2, 0.25) is 0 Å². The summed E-state index contributed by atoms with van der Waals surface area (Å²) in [7, 11) is 1.80. The Bertz CT molecular complexity index is 885. The molecule has 0 atom stereocenters. The van der Waals surface area contributed by atoms with Crippen LogP contribution in [-0.4, -0.2) is 60.6 Å². The normalized spacial score (nSPS) is 14.0. The minimum absolute atomic E-state index is 0.0394. The number of amides is 2. The summed E-state index contributed by atoms with van der Waals surface area (Å²) in [5.74, 6) is -0.498. The van der Waals surface area contributed by atoms with Crippen LogP contribution in [0.5, 0.6) is 0 Å². The van der Waals surface area contributed by atoms with Crippen LogP contribution in [0.3, 0.4) is 0 Å². The van der Waals surface area contributed by atoms with Gasteiger partial charge < -0.3 is 10.6 Å². The van der Waals surface area contributed by atoms with Crippen molar-refractivity contribution in [1.29, 1.82) is 0 Å². The van der Waals surface area contributed by atoms with Gasteiger partial charge in [-0.15, -0.1) is 0 Å². The molecule has 0 unspecified atom stereocenters. The van der Waals surface area contributed by atoms with Gasteiger partial charge in [-0.25, -0.2) is 0 Å². The highest BCUT2D eigenvalue weighted by molar-refractivity contribution is 9.10. The third kappa shape index (κ3) is 4.58. The lowest BCUT2D eigenvalue weighted by molar-refractivity contribution is -0.118. The highest BCUT2D eigenvalue weighted by atomic mass is 79.9. The Hall–Kier alpha value is -2.58. The molecule has 2 N–H and O–H groups in total. The Morgan fingerprint density at radius 1 is 1.33 bits per heavy atom. The molecule has 0 spiro atoms. The maximum Gasteiger partial charge on any atom is 0.248 e. The maximum absolute atomic E-state index is 12.8. The number of hydrogen-bond acceptors (Lipinski definition) is 5. The Morgan fingerprint density at radius 2 is 2.15 bits per heavy atom. The molecule has 27 heavy (non-hydrogen) atoms. The highest BCUT2D eigenvalue weighted by Gasteiger charge is 2.26. The number of carbonyl (C=O) groups is 2. The van der Waals surface area contributed by atoms with Gasteiger partial charge >= 0.3 is 0 Å². The molecule has 2 heterocycles. The average molecular weight is 430 g/mol. The van der Waals surface area contributed by atoms with Crippen molar-refractivity contribution >= 4 is 39.1 Å². The molecule has 0 fully saturated rings. The van der Waals surface area contributed by atoms with Crippen LogP contribution in [0.4, 0.5) is 5.69 Å². The molecule has 140 valence electrons. The van der Waals surface area contributed by atoms with Crippen LogP contribution < -0.4 is 10.6 Å². The molecule has 1 aromatic heterocycles. The number of hydrogen-bond donors (Lipinski definition) is 1. The lowest BCUT2D eigenvalue weighted by atomic mass is 10.0. The molecule has 0 saturated heterocycles. The molecule has 0 saturated carbocycles. The van der Waals surface area contributed by atoms with E-state index in [-0.39, 0.29) is 19.0 Å². The Kier molecular flexibility index (Phi) is 5.98. The number of benzodiazepines with no additional fused rings is 1. The molecule has 1 aliphatic heterocycles. The van der Waals surface area contributed by atoms with E-state index in [1.807, 2.05) is 36.4 Å². The number of benzene rings is 1. The van der Waals surface area contributed by atoms with Crippen LogP contribution in [0.1, 0.15) is 11.3 Å². The number of halogens is 1. The lowest BCUT2D eigenvalue weighted by Gasteiger charge is -2.25. The first-order chi connectivity index (χ1) is 13.0. The second-order valence-electron chi connectivity index (χ2n) is 6.29. The fourth-order valence-corrected chi connectivity index (χ4v) is 3.33. The molecular formula is C19H20BrN5O2. The van der Waals surface area contributed by atoms with Gasteiger partial charge in [-0.3, -0.25) is 24.5 Å². The number of fused-ring (bicyclic) bond motifs is 1. The van der Waals surface area contributed by atoms with Crippen molar-refractivity contribution in [2.45, 2.75) is 0 Å². The van der Waals surface area contributed by atoms with Gasteiger partial charge in [0.05, 0.1) is 23.6 Å². The molecule has 2 aromatic rings. The second kappa shape index (κ2) is 8.41. The van der Waals surface area contributed by atoms with E-state index in [4.69, 9.17) is 5.73 Å². The van der Waals surface area contributed by atoms with Gasteiger partial charge in [-0.05, 0) is 37.4 Å². The van der Waals surface area contributed by atoms with E-state index in [9.17, 15) is 9.59 Å². The molecule has 3 rings (SSSR count). The number of nitrogens with zero attached hydrogens (tertiary/aromatic N) is 4. The molecule has 0 bridgehead atoms. The quantitative estimate of drug-likeness (QED) is 0.751. The number of carbonyl (C=O) groups excluding carboxylic acids is 2. The first-order valence-corrected chi connectivity index (χ1v) is 9.28. The summed E-state index contributed by atoms with van der Waals surface area (Å²) in [6.45, 7) is 1.13. The fraction of sp³-hybridized carbons (Fsp3) is 0.263. The summed E-state index contributed by atoms with van der Waals surface area (Å²) in [6.07, 6.45) is 1.71. The number of primary amides is 1. The van der Waals surface area contributed by atoms with Gasteiger partial charge in [0.2, 0.25) is 11.8 Å². The molecule has 0 radical (unpaired) electrons. The SMILES string of the molecule is CN(CCN1C(=O)CN=C(c2ccccn2)c2cc(Br)ccc21)CC(N)=O. The van der Waals surface area contributed by atoms with Gasteiger partial charge in [0.1, 0.15) is 6.54 Å². The number of nitrogens with two attached hydrogens (primary N) is 1. The van der Waals surface area contributed by atoms with Crippen molar-refractivity contribution in [3.63, 3.8) is 0 Å². The van der Waals surface area contributed by atoms with E-state index < -0.39 is 5.91 Å². The second-order valence-corrected chi connectivity index (χ2v) is 7.21. The van der Waals surface area contributed by atoms with Gasteiger partial charge in [0.15, 0.2) is 0 Å². The first kappa shape index (κ1) is 19.2. The number of anilines is 1. The number of likely N-dealkylation sites (N-methyl/N-ethyl adjacent to an activating group) is 1. The van der Waals surface area contributed by atoms with Crippen LogP contribution in [0, 0.1) is 0 Å². The average Bonchev–Trinajstić information content (AvgIpc) is 2.76. The van der Waals surface area contributed by atoms with Gasteiger partial charge in [0.25, 0.3) is 0 Å². The van der Waals surface area contributed by atoms with Crippen LogP contribution in [-0.2, 0) is 9.59 Å². The van der Waals surface area contributed by atoms with Crippen molar-refractivity contribution in [2.75, 3.05) is 38.1 Å². The fourth-order valence-electron chi connectivity index (χ4n) is 2.97. The van der Waals surface area contributed by atoms with E-state index in [0.717, 1.165) is 21.4 Å². The number of aromatic nitrogens is 1. The number of rotatable bonds is 6. The number of aliphatic imine (C=N–C) groups is 1. The predicted octanol–water partition coefficient (Wildman–Crippen LogP) is 1.45. The van der Waals surface area contributed by atoms with E-state index in [1.165, 1.54) is 0 Å². The zero-order valence-electron chi connectivity index (χ0n) is 14.9. The summed E-state index contributed by atoms with van der Waals surface area (Å²) in [5, 5.41) is 0. The van der Waals surface area contributed by atoms with E-state index >= 15 is 0 Å². The van der Waals surface area contributed by atoms with Crippen LogP contribution >= 0.6 is 15.9 Å². The molecule has 8 heteroatoms. The van der Waals surface area contributed by atoms with E-state index in [1.54, 1.807) is 23.0 Å². The predicted molar refractivity (Wildman–Crippen MR) is 108 cm³/mol. The minimum atomic E-state index is -0.398. The van der Waals surface area contributed by atoms with Gasteiger partial charge in [-0.1, -0.05) is 22.0 Å². The Labute approximate surface area is 166 Å². The van der Waals surface area contributed by atoms with Crippen molar-refractivity contribution in [1.82, 2.24) is 9.88 Å². The van der Waals surface area contributed by atoms with Crippen LogP contribution in [0.15, 0.2) is 52.1 Å². The van der Waals surface area contributed by atoms with Crippen molar-refractivity contribution in [2.24, 2.45) is 10.7 Å². The first-order valence-electron chi connectivity index (χ1n) is 8.48. The monoisotopic (exact) mass is 429 g/mol. The summed E-state index contributed by atoms with van der Waals surface area (Å²) < 4.78 is 0.894.